The number of nitriles is 1. The Hall–Kier alpha value is -1.91. The highest BCUT2D eigenvalue weighted by atomic mass is 32.2. The predicted molar refractivity (Wildman–Crippen MR) is 63.4 cm³/mol. The van der Waals surface area contributed by atoms with Gasteiger partial charge in [0.05, 0.1) is 10.6 Å². The molecule has 3 rings (SSSR count). The molecule has 7 heteroatoms. The van der Waals surface area contributed by atoms with E-state index in [0.717, 1.165) is 0 Å². The van der Waals surface area contributed by atoms with Gasteiger partial charge in [0.15, 0.2) is 9.84 Å². The fraction of sp³-hybridized carbons (Fsp3) is 0.333. The van der Waals surface area contributed by atoms with E-state index in [2.05, 4.69) is 0 Å². The molecular formula is C12H10N2O4S. The average molecular weight is 278 g/mol. The SMILES string of the molecule is N#CC1(C(N)=O)OC12CCS(=O)(=O)c1ccccc12. The number of hydrogen-bond acceptors (Lipinski definition) is 5. The van der Waals surface area contributed by atoms with Gasteiger partial charge in [-0.25, -0.2) is 8.42 Å². The molecule has 2 atom stereocenters. The van der Waals surface area contributed by atoms with Gasteiger partial charge in [-0.05, 0) is 12.5 Å². The molecule has 19 heavy (non-hydrogen) atoms. The maximum Gasteiger partial charge on any atom is 0.268 e. The second-order valence-electron chi connectivity index (χ2n) is 4.65. The van der Waals surface area contributed by atoms with Gasteiger partial charge in [0.1, 0.15) is 11.7 Å². The standard InChI is InChI=1S/C12H10N2O4S/c13-7-12(10(14)15)11(18-12)5-6-19(16,17)9-4-2-1-3-8(9)11/h1-4H,5-6H2,(H2,14,15). The molecule has 2 N–H and O–H groups in total. The Morgan fingerprint density at radius 3 is 2.68 bits per heavy atom. The number of amides is 1. The molecule has 1 aromatic rings. The summed E-state index contributed by atoms with van der Waals surface area (Å²) < 4.78 is 29.4. The second kappa shape index (κ2) is 3.35. The van der Waals surface area contributed by atoms with Gasteiger partial charge in [0.2, 0.25) is 0 Å². The molecule has 0 saturated carbocycles. The van der Waals surface area contributed by atoms with Crippen molar-refractivity contribution in [2.75, 3.05) is 5.75 Å². The van der Waals surface area contributed by atoms with Crippen molar-refractivity contribution in [1.29, 1.82) is 5.26 Å². The molecule has 2 aliphatic heterocycles. The van der Waals surface area contributed by atoms with E-state index in [1.165, 1.54) is 6.07 Å². The lowest BCUT2D eigenvalue weighted by molar-refractivity contribution is -0.121. The average Bonchev–Trinajstić information content (AvgIpc) is 3.06. The number of primary amides is 1. The Bertz CT molecular complexity index is 736. The summed E-state index contributed by atoms with van der Waals surface area (Å²) in [7, 11) is -3.40. The first-order valence-electron chi connectivity index (χ1n) is 5.63. The lowest BCUT2D eigenvalue weighted by atomic mass is 9.84. The molecule has 1 amide bonds. The third kappa shape index (κ3) is 1.27. The molecule has 6 nitrogen and oxygen atoms in total. The molecule has 1 aromatic carbocycles. The van der Waals surface area contributed by atoms with Gasteiger partial charge in [-0.1, -0.05) is 18.2 Å². The van der Waals surface area contributed by atoms with Crippen LogP contribution in [0.5, 0.6) is 0 Å². The molecule has 1 saturated heterocycles. The van der Waals surface area contributed by atoms with Crippen molar-refractivity contribution < 1.29 is 17.9 Å². The number of ether oxygens (including phenoxy) is 1. The van der Waals surface area contributed by atoms with Crippen molar-refractivity contribution >= 4 is 15.7 Å². The number of nitrogens with zero attached hydrogens (tertiary/aromatic N) is 1. The number of sulfone groups is 1. The molecule has 1 spiro atoms. The summed E-state index contributed by atoms with van der Waals surface area (Å²) in [6.45, 7) is 0. The van der Waals surface area contributed by atoms with E-state index in [1.54, 1.807) is 24.3 Å². The Labute approximate surface area is 109 Å². The second-order valence-corrected chi connectivity index (χ2v) is 6.73. The number of epoxide rings is 1. The molecule has 0 aromatic heterocycles. The molecule has 2 unspecified atom stereocenters. The zero-order valence-electron chi connectivity index (χ0n) is 9.79. The van der Waals surface area contributed by atoms with E-state index in [0.29, 0.717) is 5.56 Å². The summed E-state index contributed by atoms with van der Waals surface area (Å²) in [4.78, 5) is 11.6. The van der Waals surface area contributed by atoms with Crippen LogP contribution in [0.15, 0.2) is 29.2 Å². The Morgan fingerprint density at radius 1 is 1.42 bits per heavy atom. The van der Waals surface area contributed by atoms with Crippen LogP contribution in [0, 0.1) is 11.3 Å². The van der Waals surface area contributed by atoms with Crippen LogP contribution < -0.4 is 5.73 Å². The topological polar surface area (TPSA) is 114 Å². The van der Waals surface area contributed by atoms with Gasteiger partial charge in [-0.3, -0.25) is 4.79 Å². The highest BCUT2D eigenvalue weighted by molar-refractivity contribution is 7.91. The van der Waals surface area contributed by atoms with Crippen LogP contribution in [0.1, 0.15) is 12.0 Å². The maximum absolute atomic E-state index is 12.0. The van der Waals surface area contributed by atoms with Crippen LogP contribution in [0.4, 0.5) is 0 Å². The van der Waals surface area contributed by atoms with Crippen molar-refractivity contribution in [2.24, 2.45) is 5.73 Å². The van der Waals surface area contributed by atoms with Gasteiger partial charge in [0, 0.05) is 5.56 Å². The quantitative estimate of drug-likeness (QED) is 0.717. The number of nitrogens with two attached hydrogens (primary N) is 1. The molecule has 0 bridgehead atoms. The third-order valence-corrected chi connectivity index (χ3v) is 5.51. The summed E-state index contributed by atoms with van der Waals surface area (Å²) in [6.07, 6.45) is 0.0584. The molecule has 2 aliphatic rings. The van der Waals surface area contributed by atoms with Crippen molar-refractivity contribution in [3.63, 3.8) is 0 Å². The highest BCUT2D eigenvalue weighted by Crippen LogP contribution is 2.61. The fourth-order valence-electron chi connectivity index (χ4n) is 2.72. The van der Waals surface area contributed by atoms with Crippen molar-refractivity contribution in [1.82, 2.24) is 0 Å². The Kier molecular flexibility index (Phi) is 2.14. The van der Waals surface area contributed by atoms with Crippen molar-refractivity contribution in [3.05, 3.63) is 29.8 Å². The van der Waals surface area contributed by atoms with Gasteiger partial charge < -0.3 is 10.5 Å². The van der Waals surface area contributed by atoms with Crippen LogP contribution in [-0.2, 0) is 25.0 Å². The summed E-state index contributed by atoms with van der Waals surface area (Å²) in [5, 5.41) is 9.17. The Balaban J connectivity index is 2.25. The predicted octanol–water partition coefficient (Wildman–Crippen LogP) is -0.163. The summed E-state index contributed by atoms with van der Waals surface area (Å²) >= 11 is 0. The van der Waals surface area contributed by atoms with Gasteiger partial charge in [0.25, 0.3) is 11.5 Å². The molecule has 1 fully saturated rings. The van der Waals surface area contributed by atoms with E-state index < -0.39 is 26.9 Å². The first kappa shape index (κ1) is 12.1. The van der Waals surface area contributed by atoms with Gasteiger partial charge in [-0.15, -0.1) is 0 Å². The van der Waals surface area contributed by atoms with Crippen molar-refractivity contribution in [2.45, 2.75) is 22.5 Å². The number of rotatable bonds is 1. The number of fused-ring (bicyclic) bond motifs is 2. The first-order chi connectivity index (χ1) is 8.90. The van der Waals surface area contributed by atoms with Crippen LogP contribution in [0.25, 0.3) is 0 Å². The van der Waals surface area contributed by atoms with Crippen LogP contribution in [-0.4, -0.2) is 25.7 Å². The monoisotopic (exact) mass is 278 g/mol. The van der Waals surface area contributed by atoms with Crippen LogP contribution in [0.2, 0.25) is 0 Å². The minimum Gasteiger partial charge on any atom is -0.366 e. The van der Waals surface area contributed by atoms with Gasteiger partial charge in [-0.2, -0.15) is 5.26 Å². The minimum absolute atomic E-state index is 0.0584. The Morgan fingerprint density at radius 2 is 2.11 bits per heavy atom. The normalized spacial score (nSPS) is 34.3. The smallest absolute Gasteiger partial charge is 0.268 e. The number of carbonyl (C=O) groups excluding carboxylic acids is 1. The highest BCUT2D eigenvalue weighted by Gasteiger charge is 2.77. The van der Waals surface area contributed by atoms with E-state index in [-0.39, 0.29) is 17.1 Å². The van der Waals surface area contributed by atoms with Crippen LogP contribution >= 0.6 is 0 Å². The fourth-order valence-corrected chi connectivity index (χ4v) is 4.35. The van der Waals surface area contributed by atoms with E-state index >= 15 is 0 Å². The summed E-state index contributed by atoms with van der Waals surface area (Å²) in [5.74, 6) is -1.05. The van der Waals surface area contributed by atoms with E-state index in [4.69, 9.17) is 10.5 Å². The first-order valence-corrected chi connectivity index (χ1v) is 7.28. The lowest BCUT2D eigenvalue weighted by Gasteiger charge is -2.23. The number of carbonyl (C=O) groups is 1. The third-order valence-electron chi connectivity index (χ3n) is 3.74. The zero-order valence-corrected chi connectivity index (χ0v) is 10.6. The number of hydrogen-bond donors (Lipinski definition) is 1. The zero-order chi connectivity index (χ0) is 13.9. The van der Waals surface area contributed by atoms with Crippen LogP contribution in [0.3, 0.4) is 0 Å². The van der Waals surface area contributed by atoms with Gasteiger partial charge >= 0.3 is 0 Å². The molecule has 98 valence electrons. The molecule has 0 aliphatic carbocycles. The lowest BCUT2D eigenvalue weighted by Crippen LogP contribution is -2.40. The molecular weight excluding hydrogens is 268 g/mol. The molecule has 2 heterocycles. The molecule has 0 radical (unpaired) electrons. The van der Waals surface area contributed by atoms with E-state index in [1.807, 2.05) is 0 Å². The largest absolute Gasteiger partial charge is 0.366 e. The summed E-state index contributed by atoms with van der Waals surface area (Å²) in [5.41, 5.74) is 2.62. The minimum atomic E-state index is -3.40. The summed E-state index contributed by atoms with van der Waals surface area (Å²) in [6, 6.07) is 8.05. The maximum atomic E-state index is 12.0. The number of benzene rings is 1. The van der Waals surface area contributed by atoms with Crippen molar-refractivity contribution in [3.8, 4) is 6.07 Å². The van der Waals surface area contributed by atoms with E-state index in [9.17, 15) is 18.5 Å².